The van der Waals surface area contributed by atoms with Crippen LogP contribution in [0.4, 0.5) is 14.7 Å². The van der Waals surface area contributed by atoms with E-state index in [2.05, 4.69) is 14.8 Å². The van der Waals surface area contributed by atoms with Gasteiger partial charge in [0.05, 0.1) is 13.2 Å². The Morgan fingerprint density at radius 2 is 2.03 bits per heavy atom. The zero-order valence-electron chi connectivity index (χ0n) is 20.7. The Morgan fingerprint density at radius 3 is 2.90 bits per heavy atom. The van der Waals surface area contributed by atoms with Crippen molar-refractivity contribution in [3.63, 3.8) is 0 Å². The van der Waals surface area contributed by atoms with Crippen LogP contribution in [0.3, 0.4) is 0 Å². The third kappa shape index (κ3) is 4.34. The number of rotatable bonds is 3. The Bertz CT molecular complexity index is 1670. The molecule has 10 heteroatoms. The molecule has 2 saturated heterocycles. The summed E-state index contributed by atoms with van der Waals surface area (Å²) in [6.45, 7) is 3.25. The first kappa shape index (κ1) is 24.5. The van der Waals surface area contributed by atoms with E-state index >= 15 is 0 Å². The van der Waals surface area contributed by atoms with Gasteiger partial charge < -0.3 is 4.74 Å². The second-order valence-corrected chi connectivity index (χ2v) is 11.8. The van der Waals surface area contributed by atoms with Crippen LogP contribution in [0.1, 0.15) is 29.2 Å². The third-order valence-electron chi connectivity index (χ3n) is 7.57. The molecule has 7 nitrogen and oxygen atoms in total. The van der Waals surface area contributed by atoms with E-state index in [4.69, 9.17) is 12.8 Å². The molecule has 3 aromatic carbocycles. The van der Waals surface area contributed by atoms with Crippen molar-refractivity contribution in [3.05, 3.63) is 86.5 Å². The Kier molecular flexibility index (Phi) is 6.22. The first-order chi connectivity index (χ1) is 19.1. The number of hydrogen-bond acceptors (Lipinski definition) is 6. The molecule has 2 fully saturated rings. The molecule has 39 heavy (non-hydrogen) atoms. The number of ether oxygens (including phenoxy) is 1. The summed E-state index contributed by atoms with van der Waals surface area (Å²) in [5.41, 5.74) is 4.76. The van der Waals surface area contributed by atoms with Crippen molar-refractivity contribution >= 4 is 28.6 Å². The molecule has 7 rings (SSSR count). The van der Waals surface area contributed by atoms with Crippen molar-refractivity contribution in [1.29, 1.82) is 5.26 Å². The second-order valence-electron chi connectivity index (χ2n) is 9.86. The van der Waals surface area contributed by atoms with Gasteiger partial charge in [-0.05, 0) is 0 Å². The minimum absolute atomic E-state index is 0.168. The van der Waals surface area contributed by atoms with E-state index in [9.17, 15) is 14.0 Å². The van der Waals surface area contributed by atoms with Gasteiger partial charge in [0.25, 0.3) is 0 Å². The monoisotopic (exact) mass is 638 g/mol. The molecule has 0 bridgehead atoms. The van der Waals surface area contributed by atoms with Crippen molar-refractivity contribution in [2.24, 2.45) is 0 Å². The van der Waals surface area contributed by atoms with Crippen LogP contribution in [0.2, 0.25) is 0 Å². The summed E-state index contributed by atoms with van der Waals surface area (Å²) in [5.74, 6) is 0.211. The summed E-state index contributed by atoms with van der Waals surface area (Å²) in [6.07, 6.45) is 4.93. The van der Waals surface area contributed by atoms with Gasteiger partial charge >= 0.3 is 211 Å². The number of halogens is 3. The van der Waals surface area contributed by atoms with E-state index in [1.54, 1.807) is 12.1 Å². The van der Waals surface area contributed by atoms with E-state index in [-0.39, 0.29) is 11.9 Å². The quantitative estimate of drug-likeness (QED) is 0.211. The van der Waals surface area contributed by atoms with Crippen LogP contribution >= 0.6 is 0 Å². The number of nitrogens with one attached hydrogen (secondary N) is 1. The number of nitriles is 1. The van der Waals surface area contributed by atoms with Crippen LogP contribution in [0.25, 0.3) is 22.7 Å². The zero-order chi connectivity index (χ0) is 26.5. The number of morpholine rings is 1. The summed E-state index contributed by atoms with van der Waals surface area (Å²) in [4.78, 5) is 7.22. The van der Waals surface area contributed by atoms with E-state index in [1.807, 2.05) is 36.5 Å². The molecule has 1 unspecified atom stereocenters. The second kappa shape index (κ2) is 9.89. The number of benzene rings is 3. The number of fused-ring (bicyclic) bond motifs is 4. The third-order valence-corrected chi connectivity index (χ3v) is 9.80. The standard InChI is InChI=1S/C29H23F2IN5O2/c30-18-5-6-21-23(22-2-1-3-24(31)28(22)32-39-27(21)12-18)10-17-4-7-26-25(11-17)35-29(34-16-33)37(26)19-13-20-15-38-9-8-36(20)14-19/h1-7,10-12,19-20H,8-9,13-15H2,(H,34,35)/q-1/b23-10-/t19?,20-/m1/s1. The van der Waals surface area contributed by atoms with Crippen molar-refractivity contribution in [2.75, 3.05) is 31.6 Å². The van der Waals surface area contributed by atoms with E-state index in [0.29, 0.717) is 26.9 Å². The molecule has 2 atom stereocenters. The fourth-order valence-corrected chi connectivity index (χ4v) is 7.75. The van der Waals surface area contributed by atoms with Gasteiger partial charge in [0.15, 0.2) is 0 Å². The van der Waals surface area contributed by atoms with Crippen molar-refractivity contribution in [2.45, 2.75) is 18.5 Å². The van der Waals surface area contributed by atoms with Crippen LogP contribution in [0, 0.1) is 26.7 Å². The molecule has 3 aliphatic rings. The average Bonchev–Trinajstić information content (AvgIpc) is 3.47. The number of aromatic nitrogens is 2. The summed E-state index contributed by atoms with van der Waals surface area (Å²) in [6, 6.07) is 15.9. The van der Waals surface area contributed by atoms with Gasteiger partial charge in [-0.3, -0.25) is 0 Å². The van der Waals surface area contributed by atoms with E-state index in [0.717, 1.165) is 60.5 Å². The van der Waals surface area contributed by atoms with Crippen molar-refractivity contribution in [1.82, 2.24) is 14.5 Å². The van der Waals surface area contributed by atoms with Gasteiger partial charge in [-0.15, -0.1) is 0 Å². The van der Waals surface area contributed by atoms with Gasteiger partial charge in [0.2, 0.25) is 0 Å². The predicted molar refractivity (Wildman–Crippen MR) is 138 cm³/mol. The average molecular weight is 638 g/mol. The van der Waals surface area contributed by atoms with Crippen LogP contribution in [0.15, 0.2) is 54.6 Å². The van der Waals surface area contributed by atoms with Crippen molar-refractivity contribution in [3.8, 4) is 11.9 Å². The molecule has 4 aromatic rings. The topological polar surface area (TPSA) is 75.3 Å². The Hall–Kier alpha value is -3.53. The molecule has 0 aliphatic carbocycles. The van der Waals surface area contributed by atoms with E-state index < -0.39 is 27.4 Å². The fourth-order valence-electron chi connectivity index (χ4n) is 5.83. The van der Waals surface area contributed by atoms with Gasteiger partial charge in [0.1, 0.15) is 0 Å². The number of anilines is 1. The van der Waals surface area contributed by atoms with Crippen LogP contribution in [-0.2, 0) is 4.74 Å². The zero-order valence-corrected chi connectivity index (χ0v) is 22.9. The fraction of sp³-hybridized carbons (Fsp3) is 0.241. The Labute approximate surface area is 234 Å². The number of nitrogens with zero attached hydrogens (tertiary/aromatic N) is 4. The predicted octanol–water partition coefficient (Wildman–Crippen LogP) is 2.01. The number of hydrogen-bond donors (Lipinski definition) is 1. The summed E-state index contributed by atoms with van der Waals surface area (Å²) < 4.78 is 43.2. The van der Waals surface area contributed by atoms with Crippen molar-refractivity contribution < 1.29 is 38.2 Å². The van der Waals surface area contributed by atoms with Gasteiger partial charge in [-0.25, -0.2) is 0 Å². The molecule has 0 saturated carbocycles. The van der Waals surface area contributed by atoms with Crippen LogP contribution in [-0.4, -0.2) is 46.8 Å². The molecule has 0 radical (unpaired) electrons. The summed E-state index contributed by atoms with van der Waals surface area (Å²) >= 11 is -1.16. The molecule has 1 N–H and O–H groups in total. The van der Waals surface area contributed by atoms with Crippen LogP contribution in [0.5, 0.6) is 5.75 Å². The van der Waals surface area contributed by atoms with Crippen LogP contribution < -0.4 is 30.0 Å². The first-order valence-electron chi connectivity index (χ1n) is 12.7. The summed E-state index contributed by atoms with van der Waals surface area (Å²) in [5, 5.41) is 12.2. The molecule has 1 aromatic heterocycles. The van der Waals surface area contributed by atoms with E-state index in [1.165, 1.54) is 18.2 Å². The molecule has 0 spiro atoms. The molecule has 0 amide bonds. The first-order valence-corrected chi connectivity index (χ1v) is 14.7. The summed E-state index contributed by atoms with van der Waals surface area (Å²) in [7, 11) is 0. The molecule has 4 heterocycles. The maximum absolute atomic E-state index is 14.8. The SMILES string of the molecule is N#CNc1nc2cc(/C=C3/c4ccc(F)cc4O[I-]c4c(F)cccc43)ccc2n1C1C[C@@H]2COCCN2C1. The number of imidazole rings is 1. The minimum atomic E-state index is -1.16. The molecular weight excluding hydrogens is 615 g/mol. The Balaban J connectivity index is 1.34. The normalized spacial score (nSPS) is 21.7. The maximum atomic E-state index is 14.8. The van der Waals surface area contributed by atoms with Gasteiger partial charge in [-0.1, -0.05) is 0 Å². The molecule has 198 valence electrons. The van der Waals surface area contributed by atoms with Gasteiger partial charge in [-0.2, -0.15) is 0 Å². The molecular formula is C29H23F2IN5O2-. The molecule has 3 aliphatic heterocycles. The van der Waals surface area contributed by atoms with Gasteiger partial charge in [0, 0.05) is 6.54 Å². The Morgan fingerprint density at radius 1 is 1.10 bits per heavy atom.